The lowest BCUT2D eigenvalue weighted by Crippen LogP contribution is -2.56. The van der Waals surface area contributed by atoms with Crippen molar-refractivity contribution in [1.29, 1.82) is 0 Å². The molecule has 2 heterocycles. The molecule has 1 aliphatic heterocycles. The van der Waals surface area contributed by atoms with Gasteiger partial charge in [-0.25, -0.2) is 4.79 Å². The third-order valence-corrected chi connectivity index (χ3v) is 4.43. The number of urea groups is 1. The van der Waals surface area contributed by atoms with Crippen LogP contribution in [0.25, 0.3) is 0 Å². The lowest BCUT2D eigenvalue weighted by atomic mass is 10.0. The van der Waals surface area contributed by atoms with Crippen LogP contribution in [-0.2, 0) is 11.3 Å². The van der Waals surface area contributed by atoms with Crippen molar-refractivity contribution in [3.63, 3.8) is 0 Å². The van der Waals surface area contributed by atoms with Gasteiger partial charge in [0.05, 0.1) is 19.8 Å². The summed E-state index contributed by atoms with van der Waals surface area (Å²) in [6.07, 6.45) is 0. The minimum atomic E-state index is -0.111. The molecular formula is C14H23N3O2S. The molecule has 0 spiro atoms. The number of nitrogens with one attached hydrogen (secondary N) is 2. The van der Waals surface area contributed by atoms with E-state index in [2.05, 4.69) is 29.4 Å². The highest BCUT2D eigenvalue weighted by atomic mass is 32.1. The van der Waals surface area contributed by atoms with Crippen LogP contribution in [0.4, 0.5) is 4.79 Å². The molecule has 2 rings (SSSR count). The van der Waals surface area contributed by atoms with Gasteiger partial charge in [-0.05, 0) is 25.3 Å². The second-order valence-electron chi connectivity index (χ2n) is 5.53. The van der Waals surface area contributed by atoms with E-state index in [1.165, 1.54) is 0 Å². The number of nitrogens with zero attached hydrogens (tertiary/aromatic N) is 1. The standard InChI is InChI=1S/C14H23N3O2S/c1-14(2,17-5-7-19-8-6-17)11-16-13(18)15-10-12-4-3-9-20-12/h3-4,9H,5-8,10-11H2,1-2H3,(H2,15,16,18). The molecular weight excluding hydrogens is 274 g/mol. The van der Waals surface area contributed by atoms with Gasteiger partial charge in [-0.15, -0.1) is 11.3 Å². The van der Waals surface area contributed by atoms with Crippen LogP contribution in [0.1, 0.15) is 18.7 Å². The zero-order chi connectivity index (χ0) is 14.4. The molecule has 1 aliphatic rings. The number of amides is 2. The zero-order valence-corrected chi connectivity index (χ0v) is 13.0. The summed E-state index contributed by atoms with van der Waals surface area (Å²) in [6.45, 7) is 8.90. The van der Waals surface area contributed by atoms with Crippen LogP contribution in [0, 0.1) is 0 Å². The molecule has 1 fully saturated rings. The fraction of sp³-hybridized carbons (Fsp3) is 0.643. The van der Waals surface area contributed by atoms with Crippen molar-refractivity contribution >= 4 is 17.4 Å². The van der Waals surface area contributed by atoms with Gasteiger partial charge < -0.3 is 15.4 Å². The molecule has 112 valence electrons. The van der Waals surface area contributed by atoms with Crippen molar-refractivity contribution in [2.75, 3.05) is 32.8 Å². The Bertz CT molecular complexity index is 414. The number of carbonyl (C=O) groups excluding carboxylic acids is 1. The van der Waals surface area contributed by atoms with Gasteiger partial charge in [-0.2, -0.15) is 0 Å². The van der Waals surface area contributed by atoms with Crippen molar-refractivity contribution in [2.45, 2.75) is 25.9 Å². The molecule has 20 heavy (non-hydrogen) atoms. The molecule has 1 aromatic rings. The van der Waals surface area contributed by atoms with E-state index in [0.29, 0.717) is 13.1 Å². The lowest BCUT2D eigenvalue weighted by Gasteiger charge is -2.40. The van der Waals surface area contributed by atoms with E-state index in [0.717, 1.165) is 31.2 Å². The normalized spacial score (nSPS) is 16.9. The van der Waals surface area contributed by atoms with Crippen molar-refractivity contribution in [1.82, 2.24) is 15.5 Å². The first kappa shape index (κ1) is 15.3. The lowest BCUT2D eigenvalue weighted by molar-refractivity contribution is -0.00874. The quantitative estimate of drug-likeness (QED) is 0.869. The SMILES string of the molecule is CC(C)(CNC(=O)NCc1cccs1)N1CCOCC1. The summed E-state index contributed by atoms with van der Waals surface area (Å²) >= 11 is 1.65. The predicted molar refractivity (Wildman–Crippen MR) is 81.0 cm³/mol. The van der Waals surface area contributed by atoms with E-state index < -0.39 is 0 Å². The largest absolute Gasteiger partial charge is 0.379 e. The smallest absolute Gasteiger partial charge is 0.315 e. The van der Waals surface area contributed by atoms with Gasteiger partial charge >= 0.3 is 6.03 Å². The summed E-state index contributed by atoms with van der Waals surface area (Å²) in [5, 5.41) is 7.84. The molecule has 0 unspecified atom stereocenters. The highest BCUT2D eigenvalue weighted by molar-refractivity contribution is 7.09. The average Bonchev–Trinajstić information content (AvgIpc) is 2.97. The molecule has 0 saturated carbocycles. The summed E-state index contributed by atoms with van der Waals surface area (Å²) in [4.78, 5) is 15.3. The topological polar surface area (TPSA) is 53.6 Å². The number of morpholine rings is 1. The maximum Gasteiger partial charge on any atom is 0.315 e. The summed E-state index contributed by atoms with van der Waals surface area (Å²) in [6, 6.07) is 3.89. The Morgan fingerprint density at radius 2 is 2.15 bits per heavy atom. The van der Waals surface area contributed by atoms with Crippen LogP contribution < -0.4 is 10.6 Å². The van der Waals surface area contributed by atoms with E-state index in [4.69, 9.17) is 4.74 Å². The average molecular weight is 297 g/mol. The Morgan fingerprint density at radius 3 is 2.80 bits per heavy atom. The van der Waals surface area contributed by atoms with E-state index >= 15 is 0 Å². The molecule has 0 aliphatic carbocycles. The molecule has 1 aromatic heterocycles. The first-order valence-corrected chi connectivity index (χ1v) is 7.83. The summed E-state index contributed by atoms with van der Waals surface area (Å²) in [5.41, 5.74) is -0.0515. The van der Waals surface area contributed by atoms with Crippen LogP contribution in [0.15, 0.2) is 17.5 Å². The Hall–Kier alpha value is -1.11. The molecule has 1 saturated heterocycles. The van der Waals surface area contributed by atoms with Crippen LogP contribution in [0.5, 0.6) is 0 Å². The van der Waals surface area contributed by atoms with Crippen LogP contribution in [0.3, 0.4) is 0 Å². The molecule has 5 nitrogen and oxygen atoms in total. The number of rotatable bonds is 5. The van der Waals surface area contributed by atoms with Gasteiger partial charge in [0, 0.05) is 30.1 Å². The van der Waals surface area contributed by atoms with Crippen LogP contribution in [-0.4, -0.2) is 49.3 Å². The Kier molecular flexibility index (Phi) is 5.39. The predicted octanol–water partition coefficient (Wildman–Crippen LogP) is 1.66. The zero-order valence-electron chi connectivity index (χ0n) is 12.1. The van der Waals surface area contributed by atoms with Crippen molar-refractivity contribution < 1.29 is 9.53 Å². The van der Waals surface area contributed by atoms with Gasteiger partial charge in [0.15, 0.2) is 0 Å². The number of carbonyl (C=O) groups is 1. The van der Waals surface area contributed by atoms with E-state index in [9.17, 15) is 4.79 Å². The number of hydrogen-bond donors (Lipinski definition) is 2. The number of ether oxygens (including phenoxy) is 1. The van der Waals surface area contributed by atoms with E-state index in [1.54, 1.807) is 11.3 Å². The van der Waals surface area contributed by atoms with Crippen molar-refractivity contribution in [3.05, 3.63) is 22.4 Å². The van der Waals surface area contributed by atoms with Gasteiger partial charge in [-0.3, -0.25) is 4.90 Å². The summed E-state index contributed by atoms with van der Waals surface area (Å²) in [7, 11) is 0. The van der Waals surface area contributed by atoms with Gasteiger partial charge in [-0.1, -0.05) is 6.07 Å². The summed E-state index contributed by atoms with van der Waals surface area (Å²) in [5.74, 6) is 0. The fourth-order valence-electron chi connectivity index (χ4n) is 2.22. The molecule has 0 aromatic carbocycles. The van der Waals surface area contributed by atoms with Crippen molar-refractivity contribution in [2.24, 2.45) is 0 Å². The molecule has 6 heteroatoms. The molecule has 0 bridgehead atoms. The maximum absolute atomic E-state index is 11.8. The molecule has 0 atom stereocenters. The van der Waals surface area contributed by atoms with Crippen LogP contribution >= 0.6 is 11.3 Å². The van der Waals surface area contributed by atoms with Crippen LogP contribution in [0.2, 0.25) is 0 Å². The minimum absolute atomic E-state index is 0.0515. The van der Waals surface area contributed by atoms with Gasteiger partial charge in [0.2, 0.25) is 0 Å². The first-order chi connectivity index (χ1) is 9.58. The van der Waals surface area contributed by atoms with Crippen molar-refractivity contribution in [3.8, 4) is 0 Å². The van der Waals surface area contributed by atoms with Gasteiger partial charge in [0.1, 0.15) is 0 Å². The van der Waals surface area contributed by atoms with Gasteiger partial charge in [0.25, 0.3) is 0 Å². The monoisotopic (exact) mass is 297 g/mol. The second-order valence-corrected chi connectivity index (χ2v) is 6.56. The first-order valence-electron chi connectivity index (χ1n) is 6.95. The Morgan fingerprint density at radius 1 is 1.40 bits per heavy atom. The second kappa shape index (κ2) is 7.06. The fourth-order valence-corrected chi connectivity index (χ4v) is 2.86. The highest BCUT2D eigenvalue weighted by Crippen LogP contribution is 2.15. The van der Waals surface area contributed by atoms with E-state index in [1.807, 2.05) is 17.5 Å². The summed E-state index contributed by atoms with van der Waals surface area (Å²) < 4.78 is 5.36. The Balaban J connectivity index is 1.71. The van der Waals surface area contributed by atoms with E-state index in [-0.39, 0.29) is 11.6 Å². The third kappa shape index (κ3) is 4.47. The highest BCUT2D eigenvalue weighted by Gasteiger charge is 2.28. The minimum Gasteiger partial charge on any atom is -0.379 e. The molecule has 2 amide bonds. The maximum atomic E-state index is 11.8. The number of hydrogen-bond acceptors (Lipinski definition) is 4. The Labute approximate surface area is 124 Å². The number of thiophene rings is 1. The third-order valence-electron chi connectivity index (χ3n) is 3.55. The molecule has 0 radical (unpaired) electrons. The molecule has 2 N–H and O–H groups in total.